The van der Waals surface area contributed by atoms with Gasteiger partial charge in [-0.2, -0.15) is 0 Å². The third-order valence-corrected chi connectivity index (χ3v) is 6.08. The van der Waals surface area contributed by atoms with Gasteiger partial charge in [-0.1, -0.05) is 0 Å². The summed E-state index contributed by atoms with van der Waals surface area (Å²) in [6.07, 6.45) is 2.14. The number of benzene rings is 2. The minimum absolute atomic E-state index is 0.179. The normalized spacial score (nSPS) is 15.7. The molecule has 0 radical (unpaired) electrons. The van der Waals surface area contributed by atoms with Crippen molar-refractivity contribution in [1.82, 2.24) is 14.5 Å². The molecule has 3 aliphatic heterocycles. The number of aryl methyl sites for hydroxylation is 1. The molecular formula is C23H25FN4O. The van der Waals surface area contributed by atoms with Crippen LogP contribution in [0, 0.1) is 5.82 Å². The molecule has 1 fully saturated rings. The number of halogens is 1. The Labute approximate surface area is 169 Å². The summed E-state index contributed by atoms with van der Waals surface area (Å²) in [5.74, 6) is 0.596. The van der Waals surface area contributed by atoms with Gasteiger partial charge in [-0.15, -0.1) is 0 Å². The zero-order chi connectivity index (χ0) is 20.1. The summed E-state index contributed by atoms with van der Waals surface area (Å²) in [7, 11) is 3.76. The monoisotopic (exact) mass is 392 g/mol. The van der Waals surface area contributed by atoms with Crippen LogP contribution in [0.5, 0.6) is 5.75 Å². The number of anilines is 1. The van der Waals surface area contributed by atoms with Gasteiger partial charge in [-0.25, -0.2) is 9.37 Å². The number of methoxy groups -OCH3 is 1. The van der Waals surface area contributed by atoms with Crippen molar-refractivity contribution in [3.8, 4) is 17.0 Å². The minimum atomic E-state index is -0.179. The molecule has 150 valence electrons. The van der Waals surface area contributed by atoms with Crippen molar-refractivity contribution >= 4 is 27.5 Å². The Balaban J connectivity index is 1.74. The lowest BCUT2D eigenvalue weighted by molar-refractivity contribution is 0.312. The van der Waals surface area contributed by atoms with E-state index >= 15 is 4.39 Å². The van der Waals surface area contributed by atoms with Gasteiger partial charge in [0, 0.05) is 61.3 Å². The predicted molar refractivity (Wildman–Crippen MR) is 116 cm³/mol. The maximum Gasteiger partial charge on any atom is 0.147 e. The highest BCUT2D eigenvalue weighted by molar-refractivity contribution is 6.07. The van der Waals surface area contributed by atoms with Gasteiger partial charge in [-0.05, 0) is 38.2 Å². The molecule has 0 N–H and O–H groups in total. The van der Waals surface area contributed by atoms with Gasteiger partial charge in [-0.3, -0.25) is 0 Å². The van der Waals surface area contributed by atoms with E-state index in [-0.39, 0.29) is 5.82 Å². The fraction of sp³-hybridized carbons (Fsp3) is 0.348. The van der Waals surface area contributed by atoms with E-state index in [1.807, 2.05) is 24.3 Å². The van der Waals surface area contributed by atoms with Crippen LogP contribution in [-0.2, 0) is 6.54 Å². The molecule has 5 nitrogen and oxygen atoms in total. The number of nitrogens with zero attached hydrogens (tertiary/aromatic N) is 4. The first-order chi connectivity index (χ1) is 14.1. The van der Waals surface area contributed by atoms with Crippen molar-refractivity contribution in [3.63, 3.8) is 0 Å². The number of hydrogen-bond acceptors (Lipinski definition) is 4. The van der Waals surface area contributed by atoms with Crippen LogP contribution in [0.1, 0.15) is 6.92 Å². The van der Waals surface area contributed by atoms with Gasteiger partial charge >= 0.3 is 0 Å². The van der Waals surface area contributed by atoms with Crippen molar-refractivity contribution in [2.24, 2.45) is 0 Å². The maximum atomic E-state index is 15.2. The summed E-state index contributed by atoms with van der Waals surface area (Å²) in [5.41, 5.74) is 4.47. The average Bonchev–Trinajstić information content (AvgIpc) is 3.11. The summed E-state index contributed by atoms with van der Waals surface area (Å²) in [6.45, 7) is 6.50. The first kappa shape index (κ1) is 18.2. The van der Waals surface area contributed by atoms with Gasteiger partial charge in [0.1, 0.15) is 11.6 Å². The summed E-state index contributed by atoms with van der Waals surface area (Å²) >= 11 is 0. The van der Waals surface area contributed by atoms with Gasteiger partial charge < -0.3 is 19.1 Å². The molecule has 0 amide bonds. The predicted octanol–water partition coefficient (Wildman–Crippen LogP) is 4.21. The first-order valence-corrected chi connectivity index (χ1v) is 10.1. The van der Waals surface area contributed by atoms with Gasteiger partial charge in [0.2, 0.25) is 0 Å². The Morgan fingerprint density at radius 3 is 2.59 bits per heavy atom. The topological polar surface area (TPSA) is 33.5 Å². The molecule has 0 aromatic heterocycles. The quantitative estimate of drug-likeness (QED) is 0.523. The van der Waals surface area contributed by atoms with Crippen LogP contribution in [0.2, 0.25) is 0 Å². The first-order valence-electron chi connectivity index (χ1n) is 10.1. The largest absolute Gasteiger partial charge is 0.497 e. The minimum Gasteiger partial charge on any atom is -0.497 e. The number of piperazine rings is 1. The third-order valence-electron chi connectivity index (χ3n) is 6.08. The van der Waals surface area contributed by atoms with Gasteiger partial charge in [0.05, 0.1) is 29.5 Å². The molecule has 0 bridgehead atoms. The van der Waals surface area contributed by atoms with Crippen LogP contribution in [-0.4, -0.2) is 54.8 Å². The molecule has 0 saturated carbocycles. The van der Waals surface area contributed by atoms with Crippen molar-refractivity contribution in [2.75, 3.05) is 45.2 Å². The SMILES string of the molecule is CCn1cc2c3ccc(OC)cc3nc-2c2cc(F)c(N3CCN(C)CC3)cc21. The van der Waals surface area contributed by atoms with Crippen LogP contribution >= 0.6 is 0 Å². The van der Waals surface area contributed by atoms with E-state index in [2.05, 4.69) is 34.5 Å². The van der Waals surface area contributed by atoms with E-state index in [0.29, 0.717) is 5.69 Å². The Bertz CT molecular complexity index is 1180. The molecule has 0 aliphatic carbocycles. The Kier molecular flexibility index (Phi) is 4.32. The second-order valence-electron chi connectivity index (χ2n) is 7.78. The fourth-order valence-corrected chi connectivity index (χ4v) is 4.36. The summed E-state index contributed by atoms with van der Waals surface area (Å²) in [5, 5.41) is 1.92. The summed E-state index contributed by atoms with van der Waals surface area (Å²) < 4.78 is 22.8. The molecule has 1 saturated heterocycles. The van der Waals surface area contributed by atoms with Crippen LogP contribution < -0.4 is 9.64 Å². The summed E-state index contributed by atoms with van der Waals surface area (Å²) in [6, 6.07) is 9.58. The molecule has 0 spiro atoms. The van der Waals surface area contributed by atoms with E-state index in [1.165, 1.54) is 0 Å². The molecule has 29 heavy (non-hydrogen) atoms. The van der Waals surface area contributed by atoms with Crippen LogP contribution in [0.15, 0.2) is 36.5 Å². The lowest BCUT2D eigenvalue weighted by atomic mass is 10.0. The number of ether oxygens (including phenoxy) is 1. The zero-order valence-electron chi connectivity index (χ0n) is 17.1. The molecule has 0 atom stereocenters. The lowest BCUT2D eigenvalue weighted by Crippen LogP contribution is -2.44. The molecule has 2 aromatic rings. The number of rotatable bonds is 3. The van der Waals surface area contributed by atoms with E-state index in [9.17, 15) is 0 Å². The molecule has 0 unspecified atom stereocenters. The van der Waals surface area contributed by atoms with E-state index in [4.69, 9.17) is 9.72 Å². The molecule has 3 heterocycles. The van der Waals surface area contributed by atoms with Crippen molar-refractivity contribution in [3.05, 3.63) is 42.3 Å². The van der Waals surface area contributed by atoms with Crippen LogP contribution in [0.3, 0.4) is 0 Å². The maximum absolute atomic E-state index is 15.2. The van der Waals surface area contributed by atoms with E-state index in [1.54, 1.807) is 13.2 Å². The number of fused-ring (bicyclic) bond motifs is 5. The molecule has 3 aliphatic rings. The highest BCUT2D eigenvalue weighted by Gasteiger charge is 2.22. The van der Waals surface area contributed by atoms with Crippen LogP contribution in [0.25, 0.3) is 33.1 Å². The molecule has 2 aromatic carbocycles. The van der Waals surface area contributed by atoms with Crippen LogP contribution in [0.4, 0.5) is 10.1 Å². The van der Waals surface area contributed by atoms with Gasteiger partial charge in [0.15, 0.2) is 0 Å². The fourth-order valence-electron chi connectivity index (χ4n) is 4.36. The highest BCUT2D eigenvalue weighted by atomic mass is 19.1. The number of aromatic nitrogens is 2. The number of likely N-dealkylation sites (N-methyl/N-ethyl adjacent to an activating group) is 1. The van der Waals surface area contributed by atoms with E-state index < -0.39 is 0 Å². The Morgan fingerprint density at radius 1 is 1.07 bits per heavy atom. The third kappa shape index (κ3) is 2.90. The van der Waals surface area contributed by atoms with Crippen molar-refractivity contribution in [2.45, 2.75) is 13.5 Å². The molecule has 6 heteroatoms. The summed E-state index contributed by atoms with van der Waals surface area (Å²) in [4.78, 5) is 9.27. The molecular weight excluding hydrogens is 367 g/mol. The van der Waals surface area contributed by atoms with E-state index in [0.717, 1.165) is 71.5 Å². The zero-order valence-corrected chi connectivity index (χ0v) is 17.1. The number of pyridine rings is 1. The van der Waals surface area contributed by atoms with Gasteiger partial charge in [0.25, 0.3) is 0 Å². The lowest BCUT2D eigenvalue weighted by Gasteiger charge is -2.34. The standard InChI is InChI=1S/C23H25FN4O/c1-4-27-14-18-16-6-5-15(29-3)11-20(16)25-23(18)17-12-19(24)22(13-21(17)27)28-9-7-26(2)8-10-28/h5-6,11-14H,4,7-10H2,1-3H3. The highest BCUT2D eigenvalue weighted by Crippen LogP contribution is 2.39. The van der Waals surface area contributed by atoms with Crippen molar-refractivity contribution in [1.29, 1.82) is 0 Å². The number of hydrogen-bond donors (Lipinski definition) is 0. The second-order valence-corrected chi connectivity index (χ2v) is 7.78. The average molecular weight is 392 g/mol. The Hall–Kier alpha value is -2.86. The molecule has 5 rings (SSSR count). The Morgan fingerprint density at radius 2 is 1.86 bits per heavy atom. The van der Waals surface area contributed by atoms with Crippen molar-refractivity contribution < 1.29 is 9.13 Å². The smallest absolute Gasteiger partial charge is 0.147 e. The second kappa shape index (κ2) is 6.88.